The number of carbonyl (C=O) groups excluding carboxylic acids is 1. The van der Waals surface area contributed by atoms with Crippen LogP contribution in [0.1, 0.15) is 38.4 Å². The minimum Gasteiger partial charge on any atom is -0.335 e. The molecule has 0 aromatic carbocycles. The Bertz CT molecular complexity index is 376. The van der Waals surface area contributed by atoms with Crippen LogP contribution < -0.4 is 10.6 Å². The molecule has 0 aliphatic heterocycles. The number of hydrogen-bond acceptors (Lipinski definition) is 2. The number of hydrogen-bond donors (Lipinski definition) is 2. The summed E-state index contributed by atoms with van der Waals surface area (Å²) in [5.74, 6) is 0.672. The molecule has 1 aromatic rings. The quantitative estimate of drug-likeness (QED) is 0.838. The number of aromatic nitrogens is 1. The van der Waals surface area contributed by atoms with Crippen molar-refractivity contribution in [2.24, 2.45) is 5.92 Å². The normalized spacial score (nSPS) is 18.2. The molecule has 1 fully saturated rings. The van der Waals surface area contributed by atoms with Crippen LogP contribution in [0, 0.1) is 5.92 Å². The summed E-state index contributed by atoms with van der Waals surface area (Å²) in [5, 5.41) is 5.86. The molecule has 0 bridgehead atoms. The highest BCUT2D eigenvalue weighted by Gasteiger charge is 2.29. The third-order valence-corrected chi connectivity index (χ3v) is 3.17. The van der Waals surface area contributed by atoms with E-state index in [-0.39, 0.29) is 18.1 Å². The summed E-state index contributed by atoms with van der Waals surface area (Å²) in [6.07, 6.45) is 4.20. The summed E-state index contributed by atoms with van der Waals surface area (Å²) in [4.78, 5) is 15.9. The molecule has 1 aromatic heterocycles. The molecule has 17 heavy (non-hydrogen) atoms. The highest BCUT2D eigenvalue weighted by atomic mass is 16.2. The smallest absolute Gasteiger partial charge is 0.315 e. The van der Waals surface area contributed by atoms with Crippen LogP contribution in [0.3, 0.4) is 0 Å². The van der Waals surface area contributed by atoms with Gasteiger partial charge in [-0.1, -0.05) is 6.07 Å². The van der Waals surface area contributed by atoms with Gasteiger partial charge in [-0.25, -0.2) is 4.79 Å². The Morgan fingerprint density at radius 1 is 1.35 bits per heavy atom. The Kier molecular flexibility index (Phi) is 3.61. The van der Waals surface area contributed by atoms with Crippen LogP contribution in [0.15, 0.2) is 24.4 Å². The van der Waals surface area contributed by atoms with Crippen LogP contribution in [0.4, 0.5) is 4.79 Å². The molecule has 1 heterocycles. The van der Waals surface area contributed by atoms with Crippen molar-refractivity contribution in [1.82, 2.24) is 15.6 Å². The number of amides is 2. The summed E-state index contributed by atoms with van der Waals surface area (Å²) in [6.45, 7) is 3.99. The molecule has 2 atom stereocenters. The molecule has 4 nitrogen and oxygen atoms in total. The Morgan fingerprint density at radius 2 is 2.12 bits per heavy atom. The molecule has 1 saturated carbocycles. The molecule has 0 radical (unpaired) electrons. The predicted molar refractivity (Wildman–Crippen MR) is 66.5 cm³/mol. The second-order valence-corrected chi connectivity index (χ2v) is 4.72. The minimum atomic E-state index is -0.109. The standard InChI is InChI=1S/C13H19N3O/c1-9(11-6-7-11)15-13(17)16-10(2)12-5-3-4-8-14-12/h3-5,8-11H,6-7H2,1-2H3,(H2,15,16,17)/t9-,10+/m0/s1. The SMILES string of the molecule is C[C@H](NC(=O)N[C@H](C)c1ccccn1)C1CC1. The van der Waals surface area contributed by atoms with Crippen molar-refractivity contribution in [3.8, 4) is 0 Å². The number of nitrogens with one attached hydrogen (secondary N) is 2. The number of rotatable bonds is 4. The third kappa shape index (κ3) is 3.44. The maximum absolute atomic E-state index is 11.7. The summed E-state index contributed by atoms with van der Waals surface area (Å²) in [5.41, 5.74) is 0.877. The first-order valence-electron chi connectivity index (χ1n) is 6.15. The van der Waals surface area contributed by atoms with E-state index in [1.54, 1.807) is 6.20 Å². The van der Waals surface area contributed by atoms with Gasteiger partial charge in [-0.15, -0.1) is 0 Å². The maximum atomic E-state index is 11.7. The van der Waals surface area contributed by atoms with Gasteiger partial charge in [0.25, 0.3) is 0 Å². The van der Waals surface area contributed by atoms with Crippen molar-refractivity contribution in [2.45, 2.75) is 38.8 Å². The van der Waals surface area contributed by atoms with Crippen LogP contribution in [0.5, 0.6) is 0 Å². The fourth-order valence-electron chi connectivity index (χ4n) is 1.87. The van der Waals surface area contributed by atoms with Gasteiger partial charge in [-0.05, 0) is 44.7 Å². The second-order valence-electron chi connectivity index (χ2n) is 4.72. The zero-order chi connectivity index (χ0) is 12.3. The van der Waals surface area contributed by atoms with Gasteiger partial charge in [0, 0.05) is 12.2 Å². The Morgan fingerprint density at radius 3 is 2.71 bits per heavy atom. The molecule has 0 spiro atoms. The molecule has 2 N–H and O–H groups in total. The highest BCUT2D eigenvalue weighted by molar-refractivity contribution is 5.74. The molecule has 2 amide bonds. The molecular formula is C13H19N3O. The Balaban J connectivity index is 1.81. The third-order valence-electron chi connectivity index (χ3n) is 3.17. The van der Waals surface area contributed by atoms with Crippen LogP contribution >= 0.6 is 0 Å². The van der Waals surface area contributed by atoms with E-state index in [0.29, 0.717) is 5.92 Å². The fraction of sp³-hybridized carbons (Fsp3) is 0.538. The lowest BCUT2D eigenvalue weighted by molar-refractivity contribution is 0.233. The van der Waals surface area contributed by atoms with E-state index < -0.39 is 0 Å². The molecule has 1 aliphatic rings. The van der Waals surface area contributed by atoms with E-state index in [1.807, 2.05) is 25.1 Å². The van der Waals surface area contributed by atoms with Gasteiger partial charge in [-0.2, -0.15) is 0 Å². The number of nitrogens with zero attached hydrogens (tertiary/aromatic N) is 1. The maximum Gasteiger partial charge on any atom is 0.315 e. The monoisotopic (exact) mass is 233 g/mol. The predicted octanol–water partition coefficient (Wildman–Crippen LogP) is 2.24. The molecule has 1 aliphatic carbocycles. The molecule has 0 unspecified atom stereocenters. The van der Waals surface area contributed by atoms with Gasteiger partial charge < -0.3 is 10.6 Å². The highest BCUT2D eigenvalue weighted by Crippen LogP contribution is 2.32. The first kappa shape index (κ1) is 11.9. The lowest BCUT2D eigenvalue weighted by Gasteiger charge is -2.17. The van der Waals surface area contributed by atoms with Gasteiger partial charge in [0.1, 0.15) is 0 Å². The summed E-state index contributed by atoms with van der Waals surface area (Å²) >= 11 is 0. The van der Waals surface area contributed by atoms with Crippen LogP contribution in [0.25, 0.3) is 0 Å². The van der Waals surface area contributed by atoms with Crippen molar-refractivity contribution in [3.63, 3.8) is 0 Å². The van der Waals surface area contributed by atoms with Crippen molar-refractivity contribution in [2.75, 3.05) is 0 Å². The summed E-state index contributed by atoms with van der Waals surface area (Å²) < 4.78 is 0. The number of urea groups is 1. The van der Waals surface area contributed by atoms with E-state index in [1.165, 1.54) is 12.8 Å². The van der Waals surface area contributed by atoms with Gasteiger partial charge in [0.2, 0.25) is 0 Å². The first-order valence-corrected chi connectivity index (χ1v) is 6.15. The summed E-state index contributed by atoms with van der Waals surface area (Å²) in [7, 11) is 0. The lowest BCUT2D eigenvalue weighted by Crippen LogP contribution is -2.42. The molecular weight excluding hydrogens is 214 g/mol. The molecule has 92 valence electrons. The van der Waals surface area contributed by atoms with Crippen LogP contribution in [0.2, 0.25) is 0 Å². The van der Waals surface area contributed by atoms with E-state index >= 15 is 0 Å². The van der Waals surface area contributed by atoms with E-state index in [9.17, 15) is 4.79 Å². The number of pyridine rings is 1. The van der Waals surface area contributed by atoms with Crippen molar-refractivity contribution >= 4 is 6.03 Å². The minimum absolute atomic E-state index is 0.0670. The van der Waals surface area contributed by atoms with E-state index in [2.05, 4.69) is 22.5 Å². The molecule has 4 heteroatoms. The first-order chi connectivity index (χ1) is 8.16. The average molecular weight is 233 g/mol. The summed E-state index contributed by atoms with van der Waals surface area (Å²) in [6, 6.07) is 5.79. The largest absolute Gasteiger partial charge is 0.335 e. The van der Waals surface area contributed by atoms with E-state index in [4.69, 9.17) is 0 Å². The second kappa shape index (κ2) is 5.17. The van der Waals surface area contributed by atoms with Gasteiger partial charge in [0.05, 0.1) is 11.7 Å². The zero-order valence-electron chi connectivity index (χ0n) is 10.3. The molecule has 0 saturated heterocycles. The van der Waals surface area contributed by atoms with Gasteiger partial charge in [0.15, 0.2) is 0 Å². The Labute approximate surface area is 102 Å². The number of carbonyl (C=O) groups is 1. The topological polar surface area (TPSA) is 54.0 Å². The average Bonchev–Trinajstić information content (AvgIpc) is 3.13. The van der Waals surface area contributed by atoms with Crippen LogP contribution in [-0.4, -0.2) is 17.1 Å². The van der Waals surface area contributed by atoms with Crippen molar-refractivity contribution < 1.29 is 4.79 Å². The zero-order valence-corrected chi connectivity index (χ0v) is 10.3. The fourth-order valence-corrected chi connectivity index (χ4v) is 1.87. The van der Waals surface area contributed by atoms with Crippen molar-refractivity contribution in [1.29, 1.82) is 0 Å². The van der Waals surface area contributed by atoms with E-state index in [0.717, 1.165) is 5.69 Å². The van der Waals surface area contributed by atoms with Gasteiger partial charge in [-0.3, -0.25) is 4.98 Å². The molecule has 2 rings (SSSR count). The van der Waals surface area contributed by atoms with Gasteiger partial charge >= 0.3 is 6.03 Å². The van der Waals surface area contributed by atoms with Crippen molar-refractivity contribution in [3.05, 3.63) is 30.1 Å². The lowest BCUT2D eigenvalue weighted by atomic mass is 10.2. The Hall–Kier alpha value is -1.58. The van der Waals surface area contributed by atoms with Crippen LogP contribution in [-0.2, 0) is 0 Å².